The lowest BCUT2D eigenvalue weighted by molar-refractivity contribution is 0.135. The van der Waals surface area contributed by atoms with Gasteiger partial charge in [-0.15, -0.1) is 0 Å². The average molecular weight is 235 g/mol. The summed E-state index contributed by atoms with van der Waals surface area (Å²) >= 11 is 0. The summed E-state index contributed by atoms with van der Waals surface area (Å²) in [6.07, 6.45) is 2.20. The highest BCUT2D eigenvalue weighted by molar-refractivity contribution is 5.24. The molecule has 0 amide bonds. The Morgan fingerprint density at radius 1 is 1.12 bits per heavy atom. The Hall–Kier alpha value is -0.860. The van der Waals surface area contributed by atoms with E-state index >= 15 is 0 Å². The second kappa shape index (κ2) is 8.26. The Balaban J connectivity index is 2.28. The summed E-state index contributed by atoms with van der Waals surface area (Å²) in [4.78, 5) is 0. The second-order valence-corrected chi connectivity index (χ2v) is 4.38. The number of benzene rings is 1. The summed E-state index contributed by atoms with van der Waals surface area (Å²) in [5, 5.41) is 3.47. The Kier molecular flexibility index (Phi) is 6.90. The van der Waals surface area contributed by atoms with Gasteiger partial charge in [-0.2, -0.15) is 0 Å². The molecule has 0 aliphatic carbocycles. The SMILES string of the molecule is CCCOCCNC(C)c1ccc(CC)cc1. The third-order valence-electron chi connectivity index (χ3n) is 2.93. The minimum atomic E-state index is 0.395. The fourth-order valence-electron chi connectivity index (χ4n) is 1.75. The minimum Gasteiger partial charge on any atom is -0.380 e. The van der Waals surface area contributed by atoms with Crippen molar-refractivity contribution in [2.75, 3.05) is 19.8 Å². The van der Waals surface area contributed by atoms with Crippen LogP contribution in [0.25, 0.3) is 0 Å². The largest absolute Gasteiger partial charge is 0.380 e. The molecule has 0 spiro atoms. The van der Waals surface area contributed by atoms with Crippen molar-refractivity contribution < 1.29 is 4.74 Å². The van der Waals surface area contributed by atoms with E-state index in [0.29, 0.717) is 6.04 Å². The van der Waals surface area contributed by atoms with Gasteiger partial charge in [0.05, 0.1) is 6.61 Å². The van der Waals surface area contributed by atoms with Crippen LogP contribution in [0, 0.1) is 0 Å². The highest BCUT2D eigenvalue weighted by Gasteiger charge is 2.03. The van der Waals surface area contributed by atoms with Gasteiger partial charge < -0.3 is 10.1 Å². The van der Waals surface area contributed by atoms with Gasteiger partial charge in [0.1, 0.15) is 0 Å². The maximum atomic E-state index is 5.44. The van der Waals surface area contributed by atoms with E-state index < -0.39 is 0 Å². The van der Waals surface area contributed by atoms with Crippen molar-refractivity contribution in [2.45, 2.75) is 39.7 Å². The molecule has 2 nitrogen and oxygen atoms in total. The molecule has 2 heteroatoms. The fraction of sp³-hybridized carbons (Fsp3) is 0.600. The van der Waals surface area contributed by atoms with E-state index in [1.807, 2.05) is 0 Å². The highest BCUT2D eigenvalue weighted by atomic mass is 16.5. The first-order chi connectivity index (χ1) is 8.27. The van der Waals surface area contributed by atoms with Crippen LogP contribution in [-0.4, -0.2) is 19.8 Å². The van der Waals surface area contributed by atoms with Crippen molar-refractivity contribution in [3.8, 4) is 0 Å². The third-order valence-corrected chi connectivity index (χ3v) is 2.93. The Morgan fingerprint density at radius 3 is 2.41 bits per heavy atom. The predicted molar refractivity (Wildman–Crippen MR) is 73.3 cm³/mol. The van der Waals surface area contributed by atoms with Crippen molar-refractivity contribution in [1.82, 2.24) is 5.32 Å². The zero-order valence-corrected chi connectivity index (χ0v) is 11.3. The van der Waals surface area contributed by atoms with Gasteiger partial charge in [-0.1, -0.05) is 38.1 Å². The van der Waals surface area contributed by atoms with Gasteiger partial charge in [0.2, 0.25) is 0 Å². The normalized spacial score (nSPS) is 12.6. The van der Waals surface area contributed by atoms with Gasteiger partial charge in [-0.3, -0.25) is 0 Å². The molecule has 0 heterocycles. The van der Waals surface area contributed by atoms with Crippen LogP contribution >= 0.6 is 0 Å². The molecule has 0 aliphatic rings. The van der Waals surface area contributed by atoms with Gasteiger partial charge in [-0.25, -0.2) is 0 Å². The van der Waals surface area contributed by atoms with Crippen molar-refractivity contribution in [1.29, 1.82) is 0 Å². The molecular formula is C15H25NO. The van der Waals surface area contributed by atoms with Crippen LogP contribution in [-0.2, 0) is 11.2 Å². The molecule has 96 valence electrons. The zero-order chi connectivity index (χ0) is 12.5. The molecule has 17 heavy (non-hydrogen) atoms. The van der Waals surface area contributed by atoms with E-state index in [0.717, 1.165) is 32.6 Å². The lowest BCUT2D eigenvalue weighted by Crippen LogP contribution is -2.23. The van der Waals surface area contributed by atoms with Crippen LogP contribution in [0.4, 0.5) is 0 Å². The molecule has 0 fully saturated rings. The fourth-order valence-corrected chi connectivity index (χ4v) is 1.75. The Morgan fingerprint density at radius 2 is 1.82 bits per heavy atom. The molecule has 0 saturated carbocycles. The molecule has 0 saturated heterocycles. The average Bonchev–Trinajstić information content (AvgIpc) is 2.38. The first-order valence-corrected chi connectivity index (χ1v) is 6.67. The number of rotatable bonds is 8. The first kappa shape index (κ1) is 14.2. The van der Waals surface area contributed by atoms with Gasteiger partial charge >= 0.3 is 0 Å². The van der Waals surface area contributed by atoms with Gasteiger partial charge in [0.15, 0.2) is 0 Å². The quantitative estimate of drug-likeness (QED) is 0.698. The van der Waals surface area contributed by atoms with E-state index in [1.54, 1.807) is 0 Å². The lowest BCUT2D eigenvalue weighted by atomic mass is 10.1. The van der Waals surface area contributed by atoms with Crippen LogP contribution in [0.3, 0.4) is 0 Å². The molecule has 0 aromatic heterocycles. The van der Waals surface area contributed by atoms with Crippen molar-refractivity contribution in [2.24, 2.45) is 0 Å². The summed E-state index contributed by atoms with van der Waals surface area (Å²) in [6.45, 7) is 9.08. The molecule has 0 bridgehead atoms. The molecule has 0 radical (unpaired) electrons. The van der Waals surface area contributed by atoms with Crippen LogP contribution in [0.15, 0.2) is 24.3 Å². The van der Waals surface area contributed by atoms with Crippen molar-refractivity contribution in [3.63, 3.8) is 0 Å². The zero-order valence-electron chi connectivity index (χ0n) is 11.3. The number of hydrogen-bond donors (Lipinski definition) is 1. The smallest absolute Gasteiger partial charge is 0.0591 e. The Bertz CT molecular complexity index is 294. The number of nitrogens with one attached hydrogen (secondary N) is 1. The van der Waals surface area contributed by atoms with E-state index in [-0.39, 0.29) is 0 Å². The minimum absolute atomic E-state index is 0.395. The van der Waals surface area contributed by atoms with E-state index in [4.69, 9.17) is 4.74 Å². The summed E-state index contributed by atoms with van der Waals surface area (Å²) < 4.78 is 5.44. The second-order valence-electron chi connectivity index (χ2n) is 4.38. The lowest BCUT2D eigenvalue weighted by Gasteiger charge is -2.14. The number of ether oxygens (including phenoxy) is 1. The summed E-state index contributed by atoms with van der Waals surface area (Å²) in [5.41, 5.74) is 2.74. The molecule has 1 rings (SSSR count). The maximum absolute atomic E-state index is 5.44. The van der Waals surface area contributed by atoms with E-state index in [9.17, 15) is 0 Å². The number of hydrogen-bond acceptors (Lipinski definition) is 2. The number of aryl methyl sites for hydroxylation is 1. The first-order valence-electron chi connectivity index (χ1n) is 6.67. The van der Waals surface area contributed by atoms with E-state index in [1.165, 1.54) is 11.1 Å². The molecule has 1 aromatic carbocycles. The molecule has 1 aromatic rings. The van der Waals surface area contributed by atoms with Crippen LogP contribution in [0.2, 0.25) is 0 Å². The van der Waals surface area contributed by atoms with Crippen LogP contribution in [0.5, 0.6) is 0 Å². The topological polar surface area (TPSA) is 21.3 Å². The van der Waals surface area contributed by atoms with Gasteiger partial charge in [0, 0.05) is 19.2 Å². The highest BCUT2D eigenvalue weighted by Crippen LogP contribution is 2.13. The van der Waals surface area contributed by atoms with Gasteiger partial charge in [0.25, 0.3) is 0 Å². The molecule has 1 N–H and O–H groups in total. The predicted octanol–water partition coefficient (Wildman–Crippen LogP) is 3.33. The van der Waals surface area contributed by atoms with Crippen LogP contribution < -0.4 is 5.32 Å². The molecule has 1 atom stereocenters. The van der Waals surface area contributed by atoms with Gasteiger partial charge in [-0.05, 0) is 30.9 Å². The molecular weight excluding hydrogens is 210 g/mol. The summed E-state index contributed by atoms with van der Waals surface area (Å²) in [5.74, 6) is 0. The third kappa shape index (κ3) is 5.33. The molecule has 0 aliphatic heterocycles. The summed E-state index contributed by atoms with van der Waals surface area (Å²) in [7, 11) is 0. The van der Waals surface area contributed by atoms with Crippen molar-refractivity contribution in [3.05, 3.63) is 35.4 Å². The van der Waals surface area contributed by atoms with Crippen LogP contribution in [0.1, 0.15) is 44.4 Å². The monoisotopic (exact) mass is 235 g/mol. The molecule has 1 unspecified atom stereocenters. The summed E-state index contributed by atoms with van der Waals surface area (Å²) in [6, 6.07) is 9.24. The Labute approximate surface area is 105 Å². The van der Waals surface area contributed by atoms with Crippen molar-refractivity contribution >= 4 is 0 Å². The maximum Gasteiger partial charge on any atom is 0.0591 e. The standard InChI is InChI=1S/C15H25NO/c1-4-11-17-12-10-16-13(3)15-8-6-14(5-2)7-9-15/h6-9,13,16H,4-5,10-12H2,1-3H3. The van der Waals surface area contributed by atoms with E-state index in [2.05, 4.69) is 50.4 Å².